The van der Waals surface area contributed by atoms with Crippen LogP contribution in [0.15, 0.2) is 57.1 Å². The van der Waals surface area contributed by atoms with E-state index in [0.29, 0.717) is 19.5 Å². The maximum atomic E-state index is 9.96. The summed E-state index contributed by atoms with van der Waals surface area (Å²) >= 11 is 3.51. The zero-order valence-electron chi connectivity index (χ0n) is 16.7. The molecule has 0 amide bonds. The average Bonchev–Trinajstić information content (AvgIpc) is 2.91. The lowest BCUT2D eigenvalue weighted by Crippen LogP contribution is -2.17. The molecular formula is C21H25BrN4O3. The van der Waals surface area contributed by atoms with Crippen LogP contribution < -0.4 is 5.32 Å². The third-order valence-corrected chi connectivity index (χ3v) is 4.37. The Morgan fingerprint density at radius 2 is 2.17 bits per heavy atom. The lowest BCUT2D eigenvalue weighted by atomic mass is 10.0. The molecule has 1 atom stereocenters. The molecule has 0 fully saturated rings. The average molecular weight is 461 g/mol. The summed E-state index contributed by atoms with van der Waals surface area (Å²) < 4.78 is 5.24. The van der Waals surface area contributed by atoms with Crippen LogP contribution in [0.4, 0.5) is 5.69 Å². The van der Waals surface area contributed by atoms with E-state index in [-0.39, 0.29) is 5.97 Å². The number of carbonyl (C=O) groups is 1. The molecule has 2 heterocycles. The summed E-state index contributed by atoms with van der Waals surface area (Å²) in [7, 11) is 1.38. The molecule has 0 saturated carbocycles. The predicted octanol–water partition coefficient (Wildman–Crippen LogP) is 3.46. The molecule has 29 heavy (non-hydrogen) atoms. The van der Waals surface area contributed by atoms with Gasteiger partial charge in [-0.1, -0.05) is 28.9 Å². The van der Waals surface area contributed by atoms with Crippen molar-refractivity contribution in [2.75, 3.05) is 25.5 Å². The molecule has 0 radical (unpaired) electrons. The molecule has 0 bridgehead atoms. The molecule has 2 aromatic rings. The molecule has 1 aromatic carbocycles. The van der Waals surface area contributed by atoms with E-state index in [1.54, 1.807) is 20.0 Å². The summed E-state index contributed by atoms with van der Waals surface area (Å²) in [6.45, 7) is 4.24. The van der Waals surface area contributed by atoms with Crippen molar-refractivity contribution in [3.63, 3.8) is 0 Å². The summed E-state index contributed by atoms with van der Waals surface area (Å²) in [5.74, 6) is 0.579. The van der Waals surface area contributed by atoms with E-state index in [1.165, 1.54) is 7.11 Å². The van der Waals surface area contributed by atoms with Gasteiger partial charge in [0.25, 0.3) is 0 Å². The van der Waals surface area contributed by atoms with Crippen molar-refractivity contribution in [2.45, 2.75) is 26.4 Å². The first-order valence-corrected chi connectivity index (χ1v) is 10.0. The number of methoxy groups -OCH3 is 1. The number of aromatic nitrogens is 1. The number of carbonyl (C=O) groups excluding carboxylic acids is 1. The second-order valence-electron chi connectivity index (χ2n) is 6.26. The summed E-state index contributed by atoms with van der Waals surface area (Å²) in [4.78, 5) is 23.5. The molecule has 0 spiro atoms. The number of hydrogen-bond acceptors (Lipinski definition) is 6. The van der Waals surface area contributed by atoms with E-state index in [9.17, 15) is 9.90 Å². The van der Waals surface area contributed by atoms with Gasteiger partial charge in [0, 0.05) is 28.3 Å². The monoisotopic (exact) mass is 460 g/mol. The van der Waals surface area contributed by atoms with Gasteiger partial charge in [-0.25, -0.2) is 0 Å². The molecule has 8 heteroatoms. The highest BCUT2D eigenvalue weighted by molar-refractivity contribution is 9.10. The number of rotatable bonds is 4. The van der Waals surface area contributed by atoms with Gasteiger partial charge in [-0.15, -0.1) is 0 Å². The highest BCUT2D eigenvalue weighted by atomic mass is 79.9. The fourth-order valence-corrected chi connectivity index (χ4v) is 2.81. The number of aliphatic hydroxyl groups is 1. The number of benzene rings is 1. The molecule has 3 rings (SSSR count). The van der Waals surface area contributed by atoms with Gasteiger partial charge in [0.15, 0.2) is 0 Å². The lowest BCUT2D eigenvalue weighted by molar-refractivity contribution is -0.140. The summed E-state index contributed by atoms with van der Waals surface area (Å²) in [5.41, 5.74) is 3.56. The van der Waals surface area contributed by atoms with E-state index in [1.807, 2.05) is 36.4 Å². The van der Waals surface area contributed by atoms with Gasteiger partial charge in [0.2, 0.25) is 0 Å². The van der Waals surface area contributed by atoms with Crippen molar-refractivity contribution in [3.8, 4) is 0 Å². The molecule has 7 nitrogen and oxygen atoms in total. The van der Waals surface area contributed by atoms with Crippen molar-refractivity contribution in [3.05, 3.63) is 58.3 Å². The van der Waals surface area contributed by atoms with E-state index in [0.717, 1.165) is 33.0 Å². The van der Waals surface area contributed by atoms with E-state index in [4.69, 9.17) is 4.99 Å². The summed E-state index contributed by atoms with van der Waals surface area (Å²) in [6, 6.07) is 11.8. The minimum absolute atomic E-state index is 0.157. The lowest BCUT2D eigenvalue weighted by Gasteiger charge is -2.11. The molecule has 2 N–H and O–H groups in total. The molecule has 1 unspecified atom stereocenters. The minimum Gasteiger partial charge on any atom is -0.469 e. The zero-order valence-corrected chi connectivity index (χ0v) is 18.3. The Morgan fingerprint density at radius 3 is 2.76 bits per heavy atom. The Balaban J connectivity index is 0.000000438. The number of nitrogens with zero attached hydrogens (tertiary/aromatic N) is 3. The van der Waals surface area contributed by atoms with Gasteiger partial charge in [-0.05, 0) is 37.3 Å². The number of aliphatic hydroxyl groups excluding tert-OH is 1. The number of halogens is 1. The van der Waals surface area contributed by atoms with E-state index in [2.05, 4.69) is 36.0 Å². The SMILES string of the molecule is CC(O)CN=C1CN=C(c2ccccn2)c2cc(Br)ccc2N1.CCC(=O)OC. The summed E-state index contributed by atoms with van der Waals surface area (Å²) in [6.07, 6.45) is 1.75. The quantitative estimate of drug-likeness (QED) is 0.680. The number of hydrogen-bond donors (Lipinski definition) is 2. The molecular weight excluding hydrogens is 436 g/mol. The van der Waals surface area contributed by atoms with Crippen LogP contribution in [0.25, 0.3) is 0 Å². The number of benzodiazepines with no additional fused rings is 1. The van der Waals surface area contributed by atoms with E-state index < -0.39 is 6.10 Å². The number of anilines is 1. The first kappa shape index (κ1) is 22.7. The molecule has 1 aromatic heterocycles. The minimum atomic E-state index is -0.476. The van der Waals surface area contributed by atoms with Crippen LogP contribution in [-0.2, 0) is 9.53 Å². The highest BCUT2D eigenvalue weighted by Crippen LogP contribution is 2.25. The fraction of sp³-hybridized carbons (Fsp3) is 0.333. The van der Waals surface area contributed by atoms with Crippen molar-refractivity contribution in [1.82, 2.24) is 4.98 Å². The van der Waals surface area contributed by atoms with Crippen molar-refractivity contribution in [1.29, 1.82) is 0 Å². The normalized spacial score (nSPS) is 15.1. The number of esters is 1. The van der Waals surface area contributed by atoms with Crippen molar-refractivity contribution in [2.24, 2.45) is 9.98 Å². The largest absolute Gasteiger partial charge is 0.469 e. The van der Waals surface area contributed by atoms with Crippen LogP contribution in [0, 0.1) is 0 Å². The first-order valence-electron chi connectivity index (χ1n) is 9.25. The molecule has 1 aliphatic heterocycles. The zero-order chi connectivity index (χ0) is 21.2. The molecule has 1 aliphatic rings. The van der Waals surface area contributed by atoms with Crippen LogP contribution in [0.5, 0.6) is 0 Å². The Kier molecular flexibility index (Phi) is 8.95. The van der Waals surface area contributed by atoms with Crippen LogP contribution in [0.1, 0.15) is 31.5 Å². The van der Waals surface area contributed by atoms with Gasteiger partial charge in [-0.2, -0.15) is 0 Å². The van der Waals surface area contributed by atoms with Gasteiger partial charge < -0.3 is 15.2 Å². The fourth-order valence-electron chi connectivity index (χ4n) is 2.45. The Bertz CT molecular complexity index is 877. The number of nitrogens with one attached hydrogen (secondary N) is 1. The van der Waals surface area contributed by atoms with Crippen molar-refractivity contribution < 1.29 is 14.6 Å². The van der Waals surface area contributed by atoms with Gasteiger partial charge in [0.1, 0.15) is 5.84 Å². The Morgan fingerprint density at radius 1 is 1.38 bits per heavy atom. The molecule has 0 saturated heterocycles. The van der Waals surface area contributed by atoms with Gasteiger partial charge >= 0.3 is 5.97 Å². The first-order chi connectivity index (χ1) is 13.9. The highest BCUT2D eigenvalue weighted by Gasteiger charge is 2.18. The smallest absolute Gasteiger partial charge is 0.305 e. The second-order valence-corrected chi connectivity index (χ2v) is 7.18. The number of pyridine rings is 1. The Hall–Kier alpha value is -2.58. The maximum Gasteiger partial charge on any atom is 0.305 e. The van der Waals surface area contributed by atoms with E-state index >= 15 is 0 Å². The van der Waals surface area contributed by atoms with Crippen LogP contribution >= 0.6 is 15.9 Å². The number of aliphatic imine (C=N–C) groups is 2. The predicted molar refractivity (Wildman–Crippen MR) is 119 cm³/mol. The van der Waals surface area contributed by atoms with Gasteiger partial charge in [0.05, 0.1) is 37.7 Å². The number of ether oxygens (including phenoxy) is 1. The van der Waals surface area contributed by atoms with Crippen LogP contribution in [0.2, 0.25) is 0 Å². The Labute approximate surface area is 179 Å². The topological polar surface area (TPSA) is 96.2 Å². The number of fused-ring (bicyclic) bond motifs is 1. The van der Waals surface area contributed by atoms with Gasteiger partial charge in [-0.3, -0.25) is 19.8 Å². The maximum absolute atomic E-state index is 9.96. The molecule has 0 aliphatic carbocycles. The summed E-state index contributed by atoms with van der Waals surface area (Å²) in [5, 5.41) is 12.7. The standard InChI is InChI=1S/C17H17BrN4O.C4H8O2/c1-11(23)9-20-16-10-21-17(15-4-2-3-7-19-15)13-8-12(18)5-6-14(13)22-16;1-3-4(5)6-2/h2-8,11,23H,9-10H2,1H3,(H,20,22);3H2,1-2H3. The van der Waals surface area contributed by atoms with Crippen LogP contribution in [0.3, 0.4) is 0 Å². The third kappa shape index (κ3) is 7.07. The second kappa shape index (κ2) is 11.4. The molecule has 154 valence electrons. The third-order valence-electron chi connectivity index (χ3n) is 3.87. The number of amidine groups is 1. The van der Waals surface area contributed by atoms with Crippen molar-refractivity contribution >= 4 is 39.1 Å². The van der Waals surface area contributed by atoms with Crippen LogP contribution in [-0.4, -0.2) is 53.9 Å².